The van der Waals surface area contributed by atoms with Crippen LogP contribution >= 0.6 is 15.9 Å². The number of hydrogen-bond donors (Lipinski definition) is 0. The van der Waals surface area contributed by atoms with Crippen LogP contribution in [0.2, 0.25) is 0 Å². The highest BCUT2D eigenvalue weighted by Gasteiger charge is 2.18. The molecule has 0 unspecified atom stereocenters. The van der Waals surface area contributed by atoms with Crippen molar-refractivity contribution in [1.29, 1.82) is 0 Å². The molecule has 0 aromatic heterocycles. The number of rotatable bonds is 2. The zero-order valence-corrected chi connectivity index (χ0v) is 8.79. The Balaban J connectivity index is 3.38. The maximum atomic E-state index is 10.6. The number of benzene rings is 1. The van der Waals surface area contributed by atoms with Crippen LogP contribution in [0.25, 0.3) is 0 Å². The van der Waals surface area contributed by atoms with Crippen LogP contribution in [0, 0.1) is 17.0 Å². The summed E-state index contributed by atoms with van der Waals surface area (Å²) in [6.07, 6.45) is 0. The highest BCUT2D eigenvalue weighted by Crippen LogP contribution is 2.34. The number of ether oxygens (including phenoxy) is 1. The van der Waals surface area contributed by atoms with E-state index < -0.39 is 4.92 Å². The van der Waals surface area contributed by atoms with Gasteiger partial charge in [0, 0.05) is 0 Å². The van der Waals surface area contributed by atoms with Gasteiger partial charge in [-0.25, -0.2) is 0 Å². The molecule has 0 amide bonds. The quantitative estimate of drug-likeness (QED) is 0.595. The molecule has 1 rings (SSSR count). The van der Waals surface area contributed by atoms with Crippen LogP contribution in [0.3, 0.4) is 0 Å². The lowest BCUT2D eigenvalue weighted by molar-refractivity contribution is -0.386. The highest BCUT2D eigenvalue weighted by molar-refractivity contribution is 9.10. The lowest BCUT2D eigenvalue weighted by Gasteiger charge is -2.05. The van der Waals surface area contributed by atoms with Crippen LogP contribution in [-0.4, -0.2) is 12.0 Å². The minimum atomic E-state index is -0.429. The van der Waals surface area contributed by atoms with Gasteiger partial charge in [-0.2, -0.15) is 0 Å². The molecule has 0 aliphatic carbocycles. The number of nitrogens with zero attached hydrogens (tertiary/aromatic N) is 1. The molecular formula is C8H8BrNO3. The van der Waals surface area contributed by atoms with E-state index >= 15 is 0 Å². The molecule has 0 radical (unpaired) electrons. The topological polar surface area (TPSA) is 52.4 Å². The number of methoxy groups -OCH3 is 1. The van der Waals surface area contributed by atoms with E-state index in [0.717, 1.165) is 0 Å². The first-order chi connectivity index (χ1) is 6.07. The van der Waals surface area contributed by atoms with Crippen molar-refractivity contribution in [2.24, 2.45) is 0 Å². The second-order valence-corrected chi connectivity index (χ2v) is 3.33. The summed E-state index contributed by atoms with van der Waals surface area (Å²) in [5, 5.41) is 10.6. The van der Waals surface area contributed by atoms with Gasteiger partial charge in [-0.05, 0) is 35.0 Å². The normalized spacial score (nSPS) is 9.77. The van der Waals surface area contributed by atoms with E-state index in [4.69, 9.17) is 4.74 Å². The van der Waals surface area contributed by atoms with Crippen LogP contribution in [0.5, 0.6) is 5.75 Å². The largest absolute Gasteiger partial charge is 0.496 e. The Morgan fingerprint density at radius 3 is 2.62 bits per heavy atom. The molecule has 0 heterocycles. The van der Waals surface area contributed by atoms with Gasteiger partial charge in [0.15, 0.2) is 0 Å². The van der Waals surface area contributed by atoms with E-state index in [0.29, 0.717) is 15.8 Å². The lowest BCUT2D eigenvalue weighted by atomic mass is 10.2. The molecule has 13 heavy (non-hydrogen) atoms. The zero-order chi connectivity index (χ0) is 10.0. The minimum absolute atomic E-state index is 0.0550. The molecule has 0 saturated carbocycles. The Morgan fingerprint density at radius 1 is 1.54 bits per heavy atom. The van der Waals surface area contributed by atoms with Gasteiger partial charge >= 0.3 is 0 Å². The predicted octanol–water partition coefficient (Wildman–Crippen LogP) is 2.67. The van der Waals surface area contributed by atoms with Crippen LogP contribution in [0.4, 0.5) is 5.69 Å². The highest BCUT2D eigenvalue weighted by atomic mass is 79.9. The Hall–Kier alpha value is -1.10. The van der Waals surface area contributed by atoms with E-state index in [9.17, 15) is 10.1 Å². The van der Waals surface area contributed by atoms with Gasteiger partial charge in [0.25, 0.3) is 5.69 Å². The number of nitro benzene ring substituents is 1. The monoisotopic (exact) mass is 245 g/mol. The zero-order valence-electron chi connectivity index (χ0n) is 7.20. The predicted molar refractivity (Wildman–Crippen MR) is 52.1 cm³/mol. The Bertz CT molecular complexity index is 351. The molecule has 0 spiro atoms. The standard InChI is InChI=1S/C8H8BrNO3/c1-5-7(13-2)4-3-6(9)8(5)10(11)12/h3-4H,1-2H3. The molecule has 0 aliphatic rings. The maximum absolute atomic E-state index is 10.6. The molecule has 1 aromatic carbocycles. The van der Waals surface area contributed by atoms with Gasteiger partial charge in [0.2, 0.25) is 0 Å². The van der Waals surface area contributed by atoms with Crippen LogP contribution in [-0.2, 0) is 0 Å². The van der Waals surface area contributed by atoms with Gasteiger partial charge in [-0.15, -0.1) is 0 Å². The fourth-order valence-electron chi connectivity index (χ4n) is 1.09. The third kappa shape index (κ3) is 1.80. The van der Waals surface area contributed by atoms with Crippen molar-refractivity contribution in [2.45, 2.75) is 6.92 Å². The molecular weight excluding hydrogens is 238 g/mol. The SMILES string of the molecule is COc1ccc(Br)c([N+](=O)[O-])c1C. The molecule has 4 nitrogen and oxygen atoms in total. The third-order valence-corrected chi connectivity index (χ3v) is 2.37. The summed E-state index contributed by atoms with van der Waals surface area (Å²) in [6.45, 7) is 1.65. The molecule has 70 valence electrons. The molecule has 0 aliphatic heterocycles. The number of halogens is 1. The Kier molecular flexibility index (Phi) is 2.87. The van der Waals surface area contributed by atoms with Crippen LogP contribution in [0.1, 0.15) is 5.56 Å². The van der Waals surface area contributed by atoms with Gasteiger partial charge in [0.05, 0.1) is 22.1 Å². The molecule has 0 saturated heterocycles. The number of hydrogen-bond acceptors (Lipinski definition) is 3. The van der Waals surface area contributed by atoms with Gasteiger partial charge < -0.3 is 4.74 Å². The molecule has 0 bridgehead atoms. The summed E-state index contributed by atoms with van der Waals surface area (Å²) in [5.74, 6) is 0.523. The van der Waals surface area contributed by atoms with Crippen molar-refractivity contribution in [1.82, 2.24) is 0 Å². The van der Waals surface area contributed by atoms with Crippen molar-refractivity contribution in [2.75, 3.05) is 7.11 Å². The van der Waals surface area contributed by atoms with Crippen LogP contribution < -0.4 is 4.74 Å². The third-order valence-electron chi connectivity index (χ3n) is 1.73. The van der Waals surface area contributed by atoms with E-state index in [2.05, 4.69) is 15.9 Å². The van der Waals surface area contributed by atoms with E-state index in [1.165, 1.54) is 7.11 Å². The molecule has 5 heteroatoms. The van der Waals surface area contributed by atoms with Gasteiger partial charge in [-0.3, -0.25) is 10.1 Å². The van der Waals surface area contributed by atoms with Crippen molar-refractivity contribution in [3.63, 3.8) is 0 Å². The average molecular weight is 246 g/mol. The molecule has 0 atom stereocenters. The van der Waals surface area contributed by atoms with Crippen molar-refractivity contribution >= 4 is 21.6 Å². The molecule has 1 aromatic rings. The second-order valence-electron chi connectivity index (χ2n) is 2.48. The summed E-state index contributed by atoms with van der Waals surface area (Å²) in [4.78, 5) is 10.2. The smallest absolute Gasteiger partial charge is 0.290 e. The fraction of sp³-hybridized carbons (Fsp3) is 0.250. The number of nitro groups is 1. The summed E-state index contributed by atoms with van der Waals surface area (Å²) < 4.78 is 5.43. The Morgan fingerprint density at radius 2 is 2.15 bits per heavy atom. The first-order valence-electron chi connectivity index (χ1n) is 3.55. The fourth-order valence-corrected chi connectivity index (χ4v) is 1.67. The second kappa shape index (κ2) is 3.74. The van der Waals surface area contributed by atoms with Gasteiger partial charge in [-0.1, -0.05) is 0 Å². The molecule has 0 fully saturated rings. The van der Waals surface area contributed by atoms with E-state index in [-0.39, 0.29) is 5.69 Å². The van der Waals surface area contributed by atoms with E-state index in [1.54, 1.807) is 19.1 Å². The maximum Gasteiger partial charge on any atom is 0.290 e. The van der Waals surface area contributed by atoms with Crippen molar-refractivity contribution in [3.8, 4) is 5.75 Å². The van der Waals surface area contributed by atoms with E-state index in [1.807, 2.05) is 0 Å². The first-order valence-corrected chi connectivity index (χ1v) is 4.34. The summed E-state index contributed by atoms with van der Waals surface area (Å²) in [7, 11) is 1.49. The van der Waals surface area contributed by atoms with Crippen LogP contribution in [0.15, 0.2) is 16.6 Å². The minimum Gasteiger partial charge on any atom is -0.496 e. The average Bonchev–Trinajstić information content (AvgIpc) is 2.04. The first kappa shape index (κ1) is 9.98. The Labute approximate surface area is 83.8 Å². The summed E-state index contributed by atoms with van der Waals surface area (Å²) in [5.41, 5.74) is 0.584. The van der Waals surface area contributed by atoms with Gasteiger partial charge in [0.1, 0.15) is 5.75 Å². The van der Waals surface area contributed by atoms with Crippen molar-refractivity contribution in [3.05, 3.63) is 32.3 Å². The molecule has 0 N–H and O–H groups in total. The van der Waals surface area contributed by atoms with Crippen molar-refractivity contribution < 1.29 is 9.66 Å². The summed E-state index contributed by atoms with van der Waals surface area (Å²) in [6, 6.07) is 3.29. The lowest BCUT2D eigenvalue weighted by Crippen LogP contribution is -1.95. The summed E-state index contributed by atoms with van der Waals surface area (Å²) >= 11 is 3.11.